The van der Waals surface area contributed by atoms with Gasteiger partial charge in [-0.25, -0.2) is 9.59 Å². The first-order valence-corrected chi connectivity index (χ1v) is 12.4. The van der Waals surface area contributed by atoms with Crippen LogP contribution < -0.4 is 10.6 Å². The van der Waals surface area contributed by atoms with Crippen LogP contribution in [0.25, 0.3) is 0 Å². The van der Waals surface area contributed by atoms with Gasteiger partial charge in [-0.3, -0.25) is 9.59 Å². The molecule has 202 valence electrons. The lowest BCUT2D eigenvalue weighted by atomic mass is 9.75. The number of carboxylic acid groups (broad SMARTS) is 4. The lowest BCUT2D eigenvalue weighted by Gasteiger charge is -2.38. The Morgan fingerprint density at radius 3 is 1.39 bits per heavy atom. The van der Waals surface area contributed by atoms with E-state index >= 15 is 0 Å². The van der Waals surface area contributed by atoms with Gasteiger partial charge >= 0.3 is 23.9 Å². The predicted octanol–water partition coefficient (Wildman–Crippen LogP) is 4.13. The van der Waals surface area contributed by atoms with Gasteiger partial charge in [-0.1, -0.05) is 38.1 Å². The first-order chi connectivity index (χ1) is 17.7. The van der Waals surface area contributed by atoms with E-state index in [0.717, 1.165) is 11.1 Å². The number of hydrogen-bond acceptors (Lipinski definition) is 6. The maximum absolute atomic E-state index is 12.1. The van der Waals surface area contributed by atoms with Crippen molar-refractivity contribution < 1.29 is 39.6 Å². The molecule has 0 spiro atoms. The summed E-state index contributed by atoms with van der Waals surface area (Å²) in [5.41, 5.74) is 0.697. The van der Waals surface area contributed by atoms with E-state index in [1.807, 2.05) is 26.0 Å². The first-order valence-electron chi connectivity index (χ1n) is 12.4. The Hall–Kier alpha value is -4.08. The van der Waals surface area contributed by atoms with Gasteiger partial charge in [-0.2, -0.15) is 0 Å². The molecule has 2 aliphatic rings. The van der Waals surface area contributed by atoms with Crippen LogP contribution in [0.5, 0.6) is 0 Å². The lowest BCUT2D eigenvalue weighted by molar-refractivity contribution is -0.145. The fourth-order valence-electron chi connectivity index (χ4n) is 5.77. The quantitative estimate of drug-likeness (QED) is 0.309. The van der Waals surface area contributed by atoms with Gasteiger partial charge < -0.3 is 31.1 Å². The van der Waals surface area contributed by atoms with E-state index < -0.39 is 46.8 Å². The molecule has 10 nitrogen and oxygen atoms in total. The first kappa shape index (κ1) is 27.0. The van der Waals surface area contributed by atoms with Crippen molar-refractivity contribution in [3.05, 3.63) is 58.7 Å². The van der Waals surface area contributed by atoms with Gasteiger partial charge in [0, 0.05) is 17.3 Å². The Morgan fingerprint density at radius 2 is 1.11 bits per heavy atom. The number of carboxylic acids is 4. The highest BCUT2D eigenvalue weighted by Crippen LogP contribution is 2.45. The third-order valence-electron chi connectivity index (χ3n) is 7.87. The molecular weight excluding hydrogens is 492 g/mol. The summed E-state index contributed by atoms with van der Waals surface area (Å²) in [5.74, 6) is -6.69. The molecule has 0 saturated carbocycles. The van der Waals surface area contributed by atoms with Crippen LogP contribution in [0.4, 0.5) is 11.4 Å². The largest absolute Gasteiger partial charge is 0.481 e. The molecule has 0 saturated heterocycles. The molecule has 6 N–H and O–H groups in total. The van der Waals surface area contributed by atoms with Gasteiger partial charge in [0.2, 0.25) is 0 Å². The van der Waals surface area contributed by atoms with Crippen LogP contribution in [-0.4, -0.2) is 55.4 Å². The minimum atomic E-state index is -1.42. The van der Waals surface area contributed by atoms with E-state index in [4.69, 9.17) is 0 Å². The zero-order valence-electron chi connectivity index (χ0n) is 21.6. The van der Waals surface area contributed by atoms with Gasteiger partial charge in [-0.15, -0.1) is 0 Å². The fourth-order valence-corrected chi connectivity index (χ4v) is 5.77. The summed E-state index contributed by atoms with van der Waals surface area (Å²) in [6.45, 7) is 6.95. The summed E-state index contributed by atoms with van der Waals surface area (Å²) in [6.07, 6.45) is -0.235. The number of hydrogen-bond donors (Lipinski definition) is 6. The average Bonchev–Trinajstić information content (AvgIpc) is 2.83. The SMILES string of the molecule is CC(C)C(c1ccc2c(c1)C(C(=O)O)CC(C)(C(=O)O)N2)c1ccc2c(c1)C(C(=O)O)CC(C)(C(=O)O)N2. The summed E-state index contributed by atoms with van der Waals surface area (Å²) < 4.78 is 0. The normalized spacial score (nSPS) is 26.8. The zero-order valence-corrected chi connectivity index (χ0v) is 21.6. The molecular formula is C28H32N2O8. The van der Waals surface area contributed by atoms with Gasteiger partial charge in [0.15, 0.2) is 0 Å². The van der Waals surface area contributed by atoms with E-state index in [0.29, 0.717) is 22.5 Å². The molecule has 4 atom stereocenters. The maximum Gasteiger partial charge on any atom is 0.329 e. The summed E-state index contributed by atoms with van der Waals surface area (Å²) >= 11 is 0. The van der Waals surface area contributed by atoms with Gasteiger partial charge in [0.25, 0.3) is 0 Å². The Labute approximate surface area is 219 Å². The van der Waals surface area contributed by atoms with Crippen LogP contribution in [0, 0.1) is 5.92 Å². The number of anilines is 2. The van der Waals surface area contributed by atoms with Crippen molar-refractivity contribution in [1.29, 1.82) is 0 Å². The summed E-state index contributed by atoms with van der Waals surface area (Å²) in [5, 5.41) is 45.2. The fraction of sp³-hybridized carbons (Fsp3) is 0.429. The van der Waals surface area contributed by atoms with Crippen LogP contribution in [-0.2, 0) is 19.2 Å². The standard InChI is InChI=1S/C28H32N2O8/c1-13(2)22(14-5-7-20-16(9-14)18(23(31)32)11-27(3,29-20)25(35)36)15-6-8-21-17(10-15)19(24(33)34)12-28(4,30-21)26(37)38/h5-10,13,18-19,22,29-30H,11-12H2,1-4H3,(H,31,32)(H,33,34)(H,35,36)(H,37,38). The van der Waals surface area contributed by atoms with Crippen LogP contribution in [0.3, 0.4) is 0 Å². The Bertz CT molecular complexity index is 1240. The van der Waals surface area contributed by atoms with E-state index in [-0.39, 0.29) is 24.7 Å². The molecule has 4 unspecified atom stereocenters. The van der Waals surface area contributed by atoms with Gasteiger partial charge in [-0.05, 0) is 67.0 Å². The molecule has 4 rings (SSSR count). The van der Waals surface area contributed by atoms with Crippen molar-refractivity contribution in [2.24, 2.45) is 5.92 Å². The molecule has 10 heteroatoms. The zero-order chi connectivity index (χ0) is 28.2. The van der Waals surface area contributed by atoms with Gasteiger partial charge in [0.05, 0.1) is 11.8 Å². The number of nitrogens with one attached hydrogen (secondary N) is 2. The van der Waals surface area contributed by atoms with Gasteiger partial charge in [0.1, 0.15) is 11.1 Å². The summed E-state index contributed by atoms with van der Waals surface area (Å²) in [7, 11) is 0. The Balaban J connectivity index is 1.79. The number of fused-ring (bicyclic) bond motifs is 2. The van der Waals surface area contributed by atoms with E-state index in [1.54, 1.807) is 24.3 Å². The summed E-state index contributed by atoms with van der Waals surface area (Å²) in [4.78, 5) is 48.0. The summed E-state index contributed by atoms with van der Waals surface area (Å²) in [6, 6.07) is 10.7. The lowest BCUT2D eigenvalue weighted by Crippen LogP contribution is -2.48. The Morgan fingerprint density at radius 1 is 0.737 bits per heavy atom. The molecule has 0 aliphatic carbocycles. The smallest absolute Gasteiger partial charge is 0.329 e. The molecule has 2 aromatic carbocycles. The van der Waals surface area contributed by atoms with Crippen molar-refractivity contribution in [3.63, 3.8) is 0 Å². The second-order valence-electron chi connectivity index (χ2n) is 11.1. The monoisotopic (exact) mass is 524 g/mol. The number of rotatable bonds is 7. The third kappa shape index (κ3) is 4.55. The molecule has 2 heterocycles. The second-order valence-corrected chi connectivity index (χ2v) is 11.1. The molecule has 0 bridgehead atoms. The highest BCUT2D eigenvalue weighted by atomic mass is 16.4. The number of carbonyl (C=O) groups is 4. The predicted molar refractivity (Wildman–Crippen MR) is 139 cm³/mol. The Kier molecular flexibility index (Phi) is 6.63. The van der Waals surface area contributed by atoms with E-state index in [9.17, 15) is 39.6 Å². The van der Waals surface area contributed by atoms with Crippen molar-refractivity contribution >= 4 is 35.3 Å². The van der Waals surface area contributed by atoms with Crippen molar-refractivity contribution in [2.75, 3.05) is 10.6 Å². The third-order valence-corrected chi connectivity index (χ3v) is 7.87. The maximum atomic E-state index is 12.1. The van der Waals surface area contributed by atoms with Crippen molar-refractivity contribution in [2.45, 2.75) is 69.4 Å². The molecule has 0 amide bonds. The molecule has 2 aromatic rings. The van der Waals surface area contributed by atoms with E-state index in [1.165, 1.54) is 13.8 Å². The molecule has 0 radical (unpaired) electrons. The minimum Gasteiger partial charge on any atom is -0.481 e. The van der Waals surface area contributed by atoms with Crippen LogP contribution in [0.2, 0.25) is 0 Å². The second kappa shape index (κ2) is 9.34. The van der Waals surface area contributed by atoms with E-state index in [2.05, 4.69) is 10.6 Å². The molecule has 0 fully saturated rings. The van der Waals surface area contributed by atoms with Crippen molar-refractivity contribution in [1.82, 2.24) is 0 Å². The minimum absolute atomic E-state index is 0.0410. The molecule has 2 aliphatic heterocycles. The van der Waals surface area contributed by atoms with Crippen LogP contribution in [0.15, 0.2) is 36.4 Å². The molecule has 0 aromatic heterocycles. The topological polar surface area (TPSA) is 173 Å². The average molecular weight is 525 g/mol. The highest BCUT2D eigenvalue weighted by Gasteiger charge is 2.45. The van der Waals surface area contributed by atoms with Crippen LogP contribution >= 0.6 is 0 Å². The van der Waals surface area contributed by atoms with Crippen LogP contribution in [0.1, 0.15) is 80.5 Å². The number of aliphatic carboxylic acids is 4. The highest BCUT2D eigenvalue weighted by molar-refractivity contribution is 5.90. The van der Waals surface area contributed by atoms with Crippen molar-refractivity contribution in [3.8, 4) is 0 Å². The number of benzene rings is 2. The molecule has 38 heavy (non-hydrogen) atoms.